The highest BCUT2D eigenvalue weighted by Gasteiger charge is 2.48. The smallest absolute Gasteiger partial charge is 0.228 e. The van der Waals surface area contributed by atoms with Crippen LogP contribution < -0.4 is 5.14 Å². The molecule has 0 saturated heterocycles. The zero-order valence-corrected chi connectivity index (χ0v) is 9.77. The summed E-state index contributed by atoms with van der Waals surface area (Å²) in [5, 5.41) is 1.40. The topological polar surface area (TPSA) is 60.2 Å². The Labute approximate surface area is 104 Å². The summed E-state index contributed by atoms with van der Waals surface area (Å²) in [4.78, 5) is 0. The lowest BCUT2D eigenvalue weighted by Gasteiger charge is -2.19. The van der Waals surface area contributed by atoms with Gasteiger partial charge in [0.15, 0.2) is 5.25 Å². The van der Waals surface area contributed by atoms with Gasteiger partial charge in [-0.25, -0.2) is 13.6 Å². The highest BCUT2D eigenvalue weighted by atomic mass is 32.2. The molecule has 0 saturated carbocycles. The minimum atomic E-state index is -5.21. The monoisotopic (exact) mass is 307 g/mol. The number of benzene rings is 1. The molecule has 0 aliphatic carbocycles. The van der Waals surface area contributed by atoms with Gasteiger partial charge in [-0.15, -0.1) is 0 Å². The second-order valence-electron chi connectivity index (χ2n) is 3.63. The van der Waals surface area contributed by atoms with E-state index >= 15 is 0 Å². The van der Waals surface area contributed by atoms with E-state index < -0.39 is 38.8 Å². The molecule has 0 heterocycles. The van der Waals surface area contributed by atoms with Crippen molar-refractivity contribution in [2.45, 2.75) is 17.6 Å². The molecule has 0 spiro atoms. The minimum Gasteiger partial charge on any atom is -0.228 e. The third-order valence-corrected chi connectivity index (χ3v) is 3.36. The van der Waals surface area contributed by atoms with Crippen LogP contribution in [0, 0.1) is 0 Å². The van der Waals surface area contributed by atoms with Crippen molar-refractivity contribution in [3.05, 3.63) is 35.4 Å². The molecule has 19 heavy (non-hydrogen) atoms. The van der Waals surface area contributed by atoms with E-state index in [0.29, 0.717) is 24.3 Å². The van der Waals surface area contributed by atoms with Crippen LogP contribution in [-0.2, 0) is 16.2 Å². The van der Waals surface area contributed by atoms with Crippen LogP contribution in [0.15, 0.2) is 24.3 Å². The van der Waals surface area contributed by atoms with Crippen LogP contribution >= 0.6 is 0 Å². The first kappa shape index (κ1) is 15.8. The molecule has 0 amide bonds. The van der Waals surface area contributed by atoms with Crippen molar-refractivity contribution in [3.63, 3.8) is 0 Å². The fourth-order valence-electron chi connectivity index (χ4n) is 1.41. The number of hydrogen-bond acceptors (Lipinski definition) is 2. The Balaban J connectivity index is 3.28. The largest absolute Gasteiger partial charge is 0.416 e. The SMILES string of the molecule is NS(=O)(=O)C(c1ccc(C(F)(F)F)cc1)C(F)(F)F. The molecule has 1 rings (SSSR count). The Bertz CT molecular complexity index is 546. The first-order valence-corrected chi connectivity index (χ1v) is 6.20. The van der Waals surface area contributed by atoms with E-state index in [1.807, 2.05) is 0 Å². The minimum absolute atomic E-state index is 0.360. The van der Waals surface area contributed by atoms with Gasteiger partial charge in [-0.1, -0.05) is 12.1 Å². The Morgan fingerprint density at radius 2 is 1.37 bits per heavy atom. The first-order valence-electron chi connectivity index (χ1n) is 4.59. The standard InChI is InChI=1S/C9H7F6NO2S/c10-8(11,12)6-3-1-5(2-4-6)7(9(13,14)15)19(16,17)18/h1-4,7H,(H2,16,17,18). The fraction of sp³-hybridized carbons (Fsp3) is 0.333. The van der Waals surface area contributed by atoms with E-state index in [2.05, 4.69) is 5.14 Å². The molecule has 3 nitrogen and oxygen atoms in total. The average molecular weight is 307 g/mol. The number of nitrogens with two attached hydrogens (primary N) is 1. The average Bonchev–Trinajstić information content (AvgIpc) is 2.12. The third kappa shape index (κ3) is 3.83. The molecular weight excluding hydrogens is 300 g/mol. The molecule has 10 heteroatoms. The number of sulfonamides is 1. The maximum Gasteiger partial charge on any atom is 0.416 e. The lowest BCUT2D eigenvalue weighted by Crippen LogP contribution is -2.33. The quantitative estimate of drug-likeness (QED) is 0.854. The van der Waals surface area contributed by atoms with Gasteiger partial charge in [0, 0.05) is 0 Å². The summed E-state index contributed by atoms with van der Waals surface area (Å²) in [6, 6.07) is 1.59. The van der Waals surface area contributed by atoms with Gasteiger partial charge >= 0.3 is 12.4 Å². The summed E-state index contributed by atoms with van der Waals surface area (Å²) < 4.78 is 96.1. The van der Waals surface area contributed by atoms with E-state index in [4.69, 9.17) is 0 Å². The molecular formula is C9H7F6NO2S. The lowest BCUT2D eigenvalue weighted by molar-refractivity contribution is -0.137. The molecule has 0 aliphatic rings. The molecule has 0 aromatic heterocycles. The van der Waals surface area contributed by atoms with Gasteiger partial charge in [0.1, 0.15) is 0 Å². The molecule has 1 aromatic carbocycles. The van der Waals surface area contributed by atoms with Gasteiger partial charge in [0.25, 0.3) is 0 Å². The predicted molar refractivity (Wildman–Crippen MR) is 53.3 cm³/mol. The molecule has 2 N–H and O–H groups in total. The Kier molecular flexibility index (Phi) is 3.88. The number of halogens is 6. The Morgan fingerprint density at radius 1 is 0.947 bits per heavy atom. The van der Waals surface area contributed by atoms with Gasteiger partial charge in [0.05, 0.1) is 5.56 Å². The van der Waals surface area contributed by atoms with Crippen molar-refractivity contribution >= 4 is 10.0 Å². The van der Waals surface area contributed by atoms with Crippen LogP contribution in [-0.4, -0.2) is 14.6 Å². The number of rotatable bonds is 2. The predicted octanol–water partition coefficient (Wildman–Crippen LogP) is 2.60. The number of primary sulfonamides is 1. The van der Waals surface area contributed by atoms with Crippen LogP contribution in [0.25, 0.3) is 0 Å². The molecule has 1 aromatic rings. The summed E-state index contributed by atoms with van der Waals surface area (Å²) >= 11 is 0. The molecule has 1 atom stereocenters. The van der Waals surface area contributed by atoms with Crippen molar-refractivity contribution in [1.29, 1.82) is 0 Å². The van der Waals surface area contributed by atoms with Crippen LogP contribution in [0.3, 0.4) is 0 Å². The second-order valence-corrected chi connectivity index (χ2v) is 5.28. The van der Waals surface area contributed by atoms with E-state index in [9.17, 15) is 34.8 Å². The summed E-state index contributed by atoms with van der Waals surface area (Å²) in [5.74, 6) is 0. The molecule has 1 unspecified atom stereocenters. The van der Waals surface area contributed by atoms with Crippen LogP contribution in [0.4, 0.5) is 26.3 Å². The number of alkyl halides is 6. The van der Waals surface area contributed by atoms with E-state index in [0.717, 1.165) is 0 Å². The van der Waals surface area contributed by atoms with Gasteiger partial charge in [-0.2, -0.15) is 26.3 Å². The summed E-state index contributed by atoms with van der Waals surface area (Å²) in [6.07, 6.45) is -9.94. The zero-order chi connectivity index (χ0) is 15.1. The third-order valence-electron chi connectivity index (χ3n) is 2.17. The van der Waals surface area contributed by atoms with Gasteiger partial charge < -0.3 is 0 Å². The summed E-state index contributed by atoms with van der Waals surface area (Å²) in [6.45, 7) is 0. The zero-order valence-electron chi connectivity index (χ0n) is 8.96. The fourth-order valence-corrected chi connectivity index (χ4v) is 2.32. The second kappa shape index (κ2) is 4.67. The molecule has 0 radical (unpaired) electrons. The molecule has 0 aliphatic heterocycles. The van der Waals surface area contributed by atoms with E-state index in [-0.39, 0.29) is 0 Å². The Hall–Kier alpha value is -1.29. The highest BCUT2D eigenvalue weighted by molar-refractivity contribution is 7.89. The van der Waals surface area contributed by atoms with Crippen LogP contribution in [0.1, 0.15) is 16.4 Å². The van der Waals surface area contributed by atoms with Crippen LogP contribution in [0.5, 0.6) is 0 Å². The molecule has 0 bridgehead atoms. The lowest BCUT2D eigenvalue weighted by atomic mass is 10.1. The maximum absolute atomic E-state index is 12.6. The maximum atomic E-state index is 12.6. The van der Waals surface area contributed by atoms with Crippen molar-refractivity contribution in [2.75, 3.05) is 0 Å². The van der Waals surface area contributed by atoms with Crippen molar-refractivity contribution in [2.24, 2.45) is 5.14 Å². The van der Waals surface area contributed by atoms with E-state index in [1.165, 1.54) is 0 Å². The molecule has 0 fully saturated rings. The first-order chi connectivity index (χ1) is 8.33. The molecule has 108 valence electrons. The normalized spacial score (nSPS) is 15.3. The Morgan fingerprint density at radius 3 is 1.63 bits per heavy atom. The van der Waals surface area contributed by atoms with Crippen LogP contribution in [0.2, 0.25) is 0 Å². The van der Waals surface area contributed by atoms with Gasteiger partial charge in [-0.05, 0) is 17.7 Å². The van der Waals surface area contributed by atoms with E-state index in [1.54, 1.807) is 0 Å². The van der Waals surface area contributed by atoms with Gasteiger partial charge in [-0.3, -0.25) is 0 Å². The number of hydrogen-bond donors (Lipinski definition) is 1. The highest BCUT2D eigenvalue weighted by Crippen LogP contribution is 2.39. The van der Waals surface area contributed by atoms with Crippen molar-refractivity contribution in [3.8, 4) is 0 Å². The summed E-state index contributed by atoms with van der Waals surface area (Å²) in [5.41, 5.74) is -2.06. The van der Waals surface area contributed by atoms with Crippen molar-refractivity contribution in [1.82, 2.24) is 0 Å². The summed E-state index contributed by atoms with van der Waals surface area (Å²) in [7, 11) is -5.03. The van der Waals surface area contributed by atoms with Crippen molar-refractivity contribution < 1.29 is 34.8 Å². The van der Waals surface area contributed by atoms with Gasteiger partial charge in [0.2, 0.25) is 10.0 Å².